The minimum Gasteiger partial charge on any atom is -0.368 e. The average molecular weight is 112 g/mol. The van der Waals surface area contributed by atoms with Crippen LogP contribution in [0.5, 0.6) is 0 Å². The lowest BCUT2D eigenvalue weighted by Gasteiger charge is -2.00. The van der Waals surface area contributed by atoms with Crippen molar-refractivity contribution in [1.29, 1.82) is 0 Å². The van der Waals surface area contributed by atoms with Crippen molar-refractivity contribution in [3.8, 4) is 0 Å². The van der Waals surface area contributed by atoms with Crippen LogP contribution in [0.25, 0.3) is 0 Å². The van der Waals surface area contributed by atoms with E-state index in [2.05, 4.69) is 18.5 Å². The molecular formula is C6H10NO. The molecule has 8 heavy (non-hydrogen) atoms. The Bertz CT molecular complexity index is 80.6. The molecule has 0 heterocycles. The van der Waals surface area contributed by atoms with Gasteiger partial charge in [-0.1, -0.05) is 12.7 Å². The van der Waals surface area contributed by atoms with E-state index in [1.54, 1.807) is 6.08 Å². The largest absolute Gasteiger partial charge is 0.368 e. The highest BCUT2D eigenvalue weighted by Gasteiger charge is 1.91. The summed E-state index contributed by atoms with van der Waals surface area (Å²) in [5.41, 5.74) is 0. The molecule has 0 aromatic carbocycles. The van der Waals surface area contributed by atoms with Crippen molar-refractivity contribution in [3.05, 3.63) is 31.5 Å². The second-order valence-electron chi connectivity index (χ2n) is 1.26. The third-order valence-corrected chi connectivity index (χ3v) is 0.621. The number of rotatable bonds is 4. The summed E-state index contributed by atoms with van der Waals surface area (Å²) in [4.78, 5) is 0. The fourth-order valence-electron chi connectivity index (χ4n) is 0.249. The molecule has 0 unspecified atom stereocenters. The Labute approximate surface area is 49.5 Å². The minimum absolute atomic E-state index is 0.0879. The monoisotopic (exact) mass is 112 g/mol. The van der Waals surface area contributed by atoms with Crippen LogP contribution in [0.4, 0.5) is 0 Å². The molecule has 0 rings (SSSR count). The van der Waals surface area contributed by atoms with Gasteiger partial charge >= 0.3 is 0 Å². The molecule has 2 heteroatoms. The van der Waals surface area contributed by atoms with Gasteiger partial charge in [-0.25, -0.2) is 0 Å². The van der Waals surface area contributed by atoms with Crippen LogP contribution < -0.4 is 5.32 Å². The predicted octanol–water partition coefficient (Wildman–Crippen LogP) is 0.810. The van der Waals surface area contributed by atoms with E-state index in [0.717, 1.165) is 0 Å². The number of hydrogen-bond donors (Lipinski definition) is 2. The third-order valence-electron chi connectivity index (χ3n) is 0.621. The molecule has 0 aliphatic heterocycles. The molecule has 0 atom stereocenters. The first-order valence-corrected chi connectivity index (χ1v) is 2.34. The van der Waals surface area contributed by atoms with E-state index >= 15 is 0 Å². The van der Waals surface area contributed by atoms with Crippen molar-refractivity contribution >= 4 is 0 Å². The molecule has 0 aromatic heterocycles. The van der Waals surface area contributed by atoms with Gasteiger partial charge in [0.2, 0.25) is 0 Å². The molecule has 0 aliphatic rings. The molecule has 0 bridgehead atoms. The highest BCUT2D eigenvalue weighted by atomic mass is 16.3. The van der Waals surface area contributed by atoms with Crippen LogP contribution in [-0.2, 0) is 0 Å². The second kappa shape index (κ2) is 4.56. The van der Waals surface area contributed by atoms with Crippen LogP contribution in [0.3, 0.4) is 0 Å². The summed E-state index contributed by atoms with van der Waals surface area (Å²) in [5.74, 6) is 0. The Balaban J connectivity index is 3.09. The first-order valence-electron chi connectivity index (χ1n) is 2.34. The zero-order valence-electron chi connectivity index (χ0n) is 4.72. The maximum absolute atomic E-state index is 8.63. The summed E-state index contributed by atoms with van der Waals surface area (Å²) in [6, 6.07) is 0. The molecule has 2 N–H and O–H groups in total. The van der Waals surface area contributed by atoms with Crippen LogP contribution >= 0.6 is 0 Å². The fourth-order valence-corrected chi connectivity index (χ4v) is 0.249. The normalized spacial score (nSPS) is 9.25. The van der Waals surface area contributed by atoms with E-state index < -0.39 is 0 Å². The van der Waals surface area contributed by atoms with E-state index in [9.17, 15) is 0 Å². The third kappa shape index (κ3) is 3.59. The lowest BCUT2D eigenvalue weighted by molar-refractivity contribution is 0.300. The highest BCUT2D eigenvalue weighted by Crippen LogP contribution is 1.84. The summed E-state index contributed by atoms with van der Waals surface area (Å²) in [7, 11) is 0. The van der Waals surface area contributed by atoms with Gasteiger partial charge in [0.05, 0.1) is 0 Å². The van der Waals surface area contributed by atoms with Crippen LogP contribution in [0.2, 0.25) is 0 Å². The van der Waals surface area contributed by atoms with Crippen LogP contribution in [0, 0.1) is 6.23 Å². The van der Waals surface area contributed by atoms with Gasteiger partial charge in [-0.2, -0.15) is 0 Å². The molecule has 1 radical (unpaired) electrons. The van der Waals surface area contributed by atoms with E-state index in [4.69, 9.17) is 5.11 Å². The van der Waals surface area contributed by atoms with Gasteiger partial charge in [0.25, 0.3) is 0 Å². The Morgan fingerprint density at radius 2 is 2.25 bits per heavy atom. The molecule has 0 fully saturated rings. The zero-order chi connectivity index (χ0) is 6.41. The number of aliphatic hydroxyl groups excluding tert-OH is 1. The first-order chi connectivity index (χ1) is 3.81. The van der Waals surface area contributed by atoms with Gasteiger partial charge < -0.3 is 5.11 Å². The molecule has 45 valence electrons. The van der Waals surface area contributed by atoms with Gasteiger partial charge in [-0.3, -0.25) is 5.32 Å². The average Bonchev–Trinajstić information content (AvgIpc) is 1.83. The summed E-state index contributed by atoms with van der Waals surface area (Å²) in [6.07, 6.45) is 3.08. The summed E-state index contributed by atoms with van der Waals surface area (Å²) < 4.78 is 0. The summed E-state index contributed by atoms with van der Waals surface area (Å²) in [5, 5.41) is 11.2. The molecule has 0 aliphatic carbocycles. The number of nitrogens with one attached hydrogen (secondary N) is 1. The van der Waals surface area contributed by atoms with Gasteiger partial charge in [0.15, 0.2) is 6.23 Å². The van der Waals surface area contributed by atoms with Crippen molar-refractivity contribution in [2.75, 3.05) is 6.54 Å². The summed E-state index contributed by atoms with van der Waals surface area (Å²) in [6.45, 7) is 7.34. The fraction of sp³-hybridized carbons (Fsp3) is 0.167. The van der Waals surface area contributed by atoms with Gasteiger partial charge in [0.1, 0.15) is 0 Å². The zero-order valence-corrected chi connectivity index (χ0v) is 4.72. The van der Waals surface area contributed by atoms with Crippen molar-refractivity contribution in [3.63, 3.8) is 0 Å². The highest BCUT2D eigenvalue weighted by molar-refractivity contribution is 4.94. The molecular weight excluding hydrogens is 102 g/mol. The van der Waals surface area contributed by atoms with Crippen molar-refractivity contribution in [2.24, 2.45) is 0 Å². The maximum atomic E-state index is 8.63. The van der Waals surface area contributed by atoms with Crippen LogP contribution in [-0.4, -0.2) is 11.7 Å². The van der Waals surface area contributed by atoms with E-state index in [-0.39, 0.29) is 6.23 Å². The smallest absolute Gasteiger partial charge is 0.182 e. The van der Waals surface area contributed by atoms with Crippen molar-refractivity contribution in [2.45, 2.75) is 0 Å². The van der Waals surface area contributed by atoms with E-state index in [1.165, 1.54) is 6.08 Å². The standard InChI is InChI=1S/C6H10NO/c1-3-5-7-6(8)4-2/h3-4,7-8H,1-2,5H2. The van der Waals surface area contributed by atoms with Gasteiger partial charge in [0, 0.05) is 6.54 Å². The first kappa shape index (κ1) is 7.40. The molecule has 2 nitrogen and oxygen atoms in total. The summed E-state index contributed by atoms with van der Waals surface area (Å²) >= 11 is 0. The molecule has 0 saturated carbocycles. The Morgan fingerprint density at radius 3 is 2.62 bits per heavy atom. The van der Waals surface area contributed by atoms with Crippen LogP contribution in [0.1, 0.15) is 0 Å². The predicted molar refractivity (Wildman–Crippen MR) is 33.6 cm³/mol. The van der Waals surface area contributed by atoms with E-state index in [1.807, 2.05) is 0 Å². The molecule has 0 saturated heterocycles. The van der Waals surface area contributed by atoms with Gasteiger partial charge in [-0.15, -0.1) is 6.58 Å². The number of aliphatic hydroxyl groups is 1. The van der Waals surface area contributed by atoms with Crippen molar-refractivity contribution in [1.82, 2.24) is 5.32 Å². The Hall–Kier alpha value is -0.600. The number of hydrogen-bond acceptors (Lipinski definition) is 2. The van der Waals surface area contributed by atoms with Gasteiger partial charge in [-0.05, 0) is 6.08 Å². The quantitative estimate of drug-likeness (QED) is 0.527. The van der Waals surface area contributed by atoms with Crippen LogP contribution in [0.15, 0.2) is 25.3 Å². The maximum Gasteiger partial charge on any atom is 0.182 e. The Kier molecular flexibility index (Phi) is 4.21. The topological polar surface area (TPSA) is 32.3 Å². The minimum atomic E-state index is 0.0879. The SMILES string of the molecule is C=CCN[C](O)C=C. The van der Waals surface area contributed by atoms with Crippen molar-refractivity contribution < 1.29 is 5.11 Å². The second-order valence-corrected chi connectivity index (χ2v) is 1.26. The molecule has 0 aromatic rings. The Morgan fingerprint density at radius 1 is 1.62 bits per heavy atom. The molecule has 0 amide bonds. The lowest BCUT2D eigenvalue weighted by atomic mass is 10.5. The van der Waals surface area contributed by atoms with E-state index in [0.29, 0.717) is 6.54 Å². The molecule has 0 spiro atoms. The lowest BCUT2D eigenvalue weighted by Crippen LogP contribution is -2.17.